The van der Waals surface area contributed by atoms with E-state index in [0.717, 1.165) is 17.1 Å². The van der Waals surface area contributed by atoms with Gasteiger partial charge in [-0.1, -0.05) is 0 Å². The molecule has 6 heteroatoms. The van der Waals surface area contributed by atoms with E-state index in [9.17, 15) is 9.18 Å². The molecular formula is C18H18FN3O2. The minimum atomic E-state index is -0.360. The third-order valence-electron chi connectivity index (χ3n) is 3.57. The molecule has 0 fully saturated rings. The number of imidazole rings is 1. The third kappa shape index (κ3) is 3.53. The third-order valence-corrected chi connectivity index (χ3v) is 3.57. The Morgan fingerprint density at radius 1 is 1.29 bits per heavy atom. The summed E-state index contributed by atoms with van der Waals surface area (Å²) in [6.45, 7) is 2.96. The molecule has 0 saturated heterocycles. The standard InChI is InChI=1S/C18H18FN3O2/c1-2-24-16-4-3-11-22-12-15(21-17(16)22)9-10-20-18(23)13-5-7-14(19)8-6-13/h3-8,11-12H,2,9-10H2,1H3,(H,20,23). The molecule has 0 radical (unpaired) electrons. The van der Waals surface area contributed by atoms with Gasteiger partial charge < -0.3 is 14.5 Å². The summed E-state index contributed by atoms with van der Waals surface area (Å²) < 4.78 is 20.3. The van der Waals surface area contributed by atoms with Gasteiger partial charge in [-0.25, -0.2) is 9.37 Å². The normalized spacial score (nSPS) is 10.8. The molecule has 0 aliphatic rings. The van der Waals surface area contributed by atoms with Crippen LogP contribution in [-0.4, -0.2) is 28.4 Å². The van der Waals surface area contributed by atoms with Crippen LogP contribution >= 0.6 is 0 Å². The second-order valence-corrected chi connectivity index (χ2v) is 5.28. The topological polar surface area (TPSA) is 55.6 Å². The van der Waals surface area contributed by atoms with Gasteiger partial charge in [-0.15, -0.1) is 0 Å². The van der Waals surface area contributed by atoms with Gasteiger partial charge in [-0.2, -0.15) is 0 Å². The monoisotopic (exact) mass is 327 g/mol. The van der Waals surface area contributed by atoms with E-state index in [1.54, 1.807) is 0 Å². The number of fused-ring (bicyclic) bond motifs is 1. The Balaban J connectivity index is 1.62. The van der Waals surface area contributed by atoms with Gasteiger partial charge in [0.2, 0.25) is 0 Å². The molecule has 0 spiro atoms. The molecule has 1 N–H and O–H groups in total. The van der Waals surface area contributed by atoms with Crippen molar-refractivity contribution in [3.63, 3.8) is 0 Å². The van der Waals surface area contributed by atoms with Crippen LogP contribution in [0.5, 0.6) is 5.75 Å². The lowest BCUT2D eigenvalue weighted by Crippen LogP contribution is -2.25. The number of ether oxygens (including phenoxy) is 1. The Morgan fingerprint density at radius 3 is 2.83 bits per heavy atom. The summed E-state index contributed by atoms with van der Waals surface area (Å²) in [7, 11) is 0. The van der Waals surface area contributed by atoms with Crippen LogP contribution in [-0.2, 0) is 6.42 Å². The van der Waals surface area contributed by atoms with Crippen LogP contribution in [0.2, 0.25) is 0 Å². The summed E-state index contributed by atoms with van der Waals surface area (Å²) in [5.74, 6) is 0.150. The van der Waals surface area contributed by atoms with Crippen molar-refractivity contribution < 1.29 is 13.9 Å². The molecule has 3 rings (SSSR count). The van der Waals surface area contributed by atoms with E-state index in [1.807, 2.05) is 35.9 Å². The van der Waals surface area contributed by atoms with E-state index in [-0.39, 0.29) is 11.7 Å². The zero-order valence-electron chi connectivity index (χ0n) is 13.3. The number of amides is 1. The molecule has 0 atom stereocenters. The highest BCUT2D eigenvalue weighted by molar-refractivity contribution is 5.94. The molecule has 124 valence electrons. The number of rotatable bonds is 6. The predicted molar refractivity (Wildman–Crippen MR) is 88.8 cm³/mol. The molecule has 0 aliphatic carbocycles. The molecule has 2 heterocycles. The van der Waals surface area contributed by atoms with E-state index in [0.29, 0.717) is 25.1 Å². The molecule has 0 aliphatic heterocycles. The van der Waals surface area contributed by atoms with Crippen molar-refractivity contribution in [1.82, 2.24) is 14.7 Å². The van der Waals surface area contributed by atoms with Crippen LogP contribution in [0.4, 0.5) is 4.39 Å². The van der Waals surface area contributed by atoms with Gasteiger partial charge in [0.1, 0.15) is 5.82 Å². The van der Waals surface area contributed by atoms with Crippen molar-refractivity contribution in [2.75, 3.05) is 13.2 Å². The second kappa shape index (κ2) is 7.12. The fourth-order valence-electron chi connectivity index (χ4n) is 2.43. The number of nitrogens with one attached hydrogen (secondary N) is 1. The second-order valence-electron chi connectivity index (χ2n) is 5.28. The molecule has 3 aromatic rings. The van der Waals surface area contributed by atoms with Crippen molar-refractivity contribution in [3.05, 3.63) is 65.9 Å². The summed E-state index contributed by atoms with van der Waals surface area (Å²) in [4.78, 5) is 16.5. The van der Waals surface area contributed by atoms with Crippen LogP contribution in [0.3, 0.4) is 0 Å². The first-order chi connectivity index (χ1) is 11.7. The number of pyridine rings is 1. The maximum Gasteiger partial charge on any atom is 0.251 e. The highest BCUT2D eigenvalue weighted by atomic mass is 19.1. The molecule has 0 unspecified atom stereocenters. The smallest absolute Gasteiger partial charge is 0.251 e. The molecule has 24 heavy (non-hydrogen) atoms. The lowest BCUT2D eigenvalue weighted by atomic mass is 10.2. The van der Waals surface area contributed by atoms with E-state index in [4.69, 9.17) is 4.74 Å². The Kier molecular flexibility index (Phi) is 4.74. The highest BCUT2D eigenvalue weighted by Crippen LogP contribution is 2.19. The van der Waals surface area contributed by atoms with Gasteiger partial charge in [0.25, 0.3) is 5.91 Å². The van der Waals surface area contributed by atoms with Gasteiger partial charge in [0.15, 0.2) is 11.4 Å². The SMILES string of the molecule is CCOc1cccn2cc(CCNC(=O)c3ccc(F)cc3)nc12. The van der Waals surface area contributed by atoms with Crippen LogP contribution in [0, 0.1) is 5.82 Å². The molecule has 0 bridgehead atoms. The van der Waals surface area contributed by atoms with Crippen LogP contribution in [0.25, 0.3) is 5.65 Å². The van der Waals surface area contributed by atoms with Gasteiger partial charge in [0.05, 0.1) is 12.3 Å². The lowest BCUT2D eigenvalue weighted by molar-refractivity contribution is 0.0954. The molecule has 5 nitrogen and oxygen atoms in total. The summed E-state index contributed by atoms with van der Waals surface area (Å²) in [5.41, 5.74) is 2.06. The number of halogens is 1. The van der Waals surface area contributed by atoms with Crippen LogP contribution in [0.1, 0.15) is 23.0 Å². The summed E-state index contributed by atoms with van der Waals surface area (Å²) in [6.07, 6.45) is 4.42. The number of benzene rings is 1. The van der Waals surface area contributed by atoms with Crippen molar-refractivity contribution in [3.8, 4) is 5.75 Å². The minimum absolute atomic E-state index is 0.228. The molecule has 2 aromatic heterocycles. The zero-order valence-corrected chi connectivity index (χ0v) is 13.3. The maximum absolute atomic E-state index is 12.9. The van der Waals surface area contributed by atoms with E-state index in [2.05, 4.69) is 10.3 Å². The molecule has 0 saturated carbocycles. The van der Waals surface area contributed by atoms with E-state index in [1.165, 1.54) is 24.3 Å². The van der Waals surface area contributed by atoms with Crippen LogP contribution < -0.4 is 10.1 Å². The van der Waals surface area contributed by atoms with Crippen molar-refractivity contribution >= 4 is 11.6 Å². The highest BCUT2D eigenvalue weighted by Gasteiger charge is 2.08. The minimum Gasteiger partial charge on any atom is -0.490 e. The molecule has 1 amide bonds. The molecular weight excluding hydrogens is 309 g/mol. The first-order valence-corrected chi connectivity index (χ1v) is 7.80. The lowest BCUT2D eigenvalue weighted by Gasteiger charge is -2.04. The summed E-state index contributed by atoms with van der Waals surface area (Å²) in [6, 6.07) is 9.25. The number of nitrogens with zero attached hydrogens (tertiary/aromatic N) is 2. The van der Waals surface area contributed by atoms with Crippen molar-refractivity contribution in [1.29, 1.82) is 0 Å². The first kappa shape index (κ1) is 16.0. The van der Waals surface area contributed by atoms with Gasteiger partial charge >= 0.3 is 0 Å². The Morgan fingerprint density at radius 2 is 2.08 bits per heavy atom. The van der Waals surface area contributed by atoms with Gasteiger partial charge in [-0.05, 0) is 43.3 Å². The number of hydrogen-bond donors (Lipinski definition) is 1. The Labute approximate surface area is 139 Å². The van der Waals surface area contributed by atoms with Crippen LogP contribution in [0.15, 0.2) is 48.8 Å². The number of carbonyl (C=O) groups excluding carboxylic acids is 1. The Bertz CT molecular complexity index is 843. The van der Waals surface area contributed by atoms with Crippen molar-refractivity contribution in [2.45, 2.75) is 13.3 Å². The predicted octanol–water partition coefficient (Wildman–Crippen LogP) is 2.84. The number of carbonyl (C=O) groups is 1. The Hall–Kier alpha value is -2.89. The van der Waals surface area contributed by atoms with E-state index >= 15 is 0 Å². The fourth-order valence-corrected chi connectivity index (χ4v) is 2.43. The van der Waals surface area contributed by atoms with Gasteiger partial charge in [-0.3, -0.25) is 4.79 Å². The average molecular weight is 327 g/mol. The average Bonchev–Trinajstić information content (AvgIpc) is 2.99. The maximum atomic E-state index is 12.9. The van der Waals surface area contributed by atoms with Crippen molar-refractivity contribution in [2.24, 2.45) is 0 Å². The summed E-state index contributed by atoms with van der Waals surface area (Å²) >= 11 is 0. The van der Waals surface area contributed by atoms with E-state index < -0.39 is 0 Å². The molecule has 1 aromatic carbocycles. The summed E-state index contributed by atoms with van der Waals surface area (Å²) in [5, 5.41) is 2.81. The largest absolute Gasteiger partial charge is 0.490 e. The first-order valence-electron chi connectivity index (χ1n) is 7.80. The fraction of sp³-hybridized carbons (Fsp3) is 0.222. The number of aromatic nitrogens is 2. The zero-order chi connectivity index (χ0) is 16.9. The quantitative estimate of drug-likeness (QED) is 0.757. The van der Waals surface area contributed by atoms with Gasteiger partial charge in [0, 0.05) is 30.9 Å². The number of hydrogen-bond acceptors (Lipinski definition) is 3.